The molecule has 6 nitrogen and oxygen atoms in total. The van der Waals surface area contributed by atoms with E-state index in [1.807, 2.05) is 56.3 Å². The third-order valence-corrected chi connectivity index (χ3v) is 6.21. The van der Waals surface area contributed by atoms with E-state index in [4.69, 9.17) is 10.5 Å². The average molecular weight is 439 g/mol. The highest BCUT2D eigenvalue weighted by atomic mass is 16.5. The molecule has 5 rings (SSSR count). The Balaban J connectivity index is 1.63. The number of nitrogen functional groups attached to an aromatic ring is 1. The molecule has 0 amide bonds. The maximum atomic E-state index is 13.5. The molecule has 1 fully saturated rings. The van der Waals surface area contributed by atoms with Crippen LogP contribution < -0.4 is 10.6 Å². The Morgan fingerprint density at radius 3 is 2.58 bits per heavy atom. The molecule has 3 heterocycles. The van der Waals surface area contributed by atoms with E-state index >= 15 is 0 Å². The van der Waals surface area contributed by atoms with E-state index in [2.05, 4.69) is 27.0 Å². The number of carbonyl (C=O) groups is 1. The highest BCUT2D eigenvalue weighted by molar-refractivity contribution is 6.13. The van der Waals surface area contributed by atoms with Crippen LogP contribution in [0.3, 0.4) is 0 Å². The Morgan fingerprint density at radius 1 is 1.00 bits per heavy atom. The Kier molecular flexibility index (Phi) is 5.52. The van der Waals surface area contributed by atoms with Crippen LogP contribution in [0.1, 0.15) is 27.2 Å². The lowest BCUT2D eigenvalue weighted by Crippen LogP contribution is -2.36. The van der Waals surface area contributed by atoms with Crippen LogP contribution in [0.2, 0.25) is 0 Å². The summed E-state index contributed by atoms with van der Waals surface area (Å²) in [7, 11) is 0. The van der Waals surface area contributed by atoms with Gasteiger partial charge in [-0.3, -0.25) is 9.78 Å². The van der Waals surface area contributed by atoms with Gasteiger partial charge in [-0.05, 0) is 60.4 Å². The van der Waals surface area contributed by atoms with Gasteiger partial charge in [0.25, 0.3) is 0 Å². The first-order chi connectivity index (χ1) is 16.0. The average Bonchev–Trinajstić information content (AvgIpc) is 2.84. The fourth-order valence-corrected chi connectivity index (χ4v) is 4.48. The van der Waals surface area contributed by atoms with Gasteiger partial charge in [-0.2, -0.15) is 0 Å². The molecule has 0 spiro atoms. The first-order valence-electron chi connectivity index (χ1n) is 11.1. The van der Waals surface area contributed by atoms with Crippen molar-refractivity contribution in [3.63, 3.8) is 0 Å². The standard InChI is InChI=1S/C27H26N4O2/c1-17-5-3-7-21(26(32)25-18(2)6-4-10-29-25)24(17)19-8-9-22-20(15-19)16-23(27(28)30-22)31-11-13-33-14-12-31/h3-10,15-16H,11-14H2,1-2H3,(H2,28,30). The first-order valence-corrected chi connectivity index (χ1v) is 11.1. The largest absolute Gasteiger partial charge is 0.382 e. The Bertz CT molecular complexity index is 1360. The van der Waals surface area contributed by atoms with Crippen molar-refractivity contribution in [3.05, 3.63) is 83.2 Å². The second-order valence-corrected chi connectivity index (χ2v) is 8.40. The van der Waals surface area contributed by atoms with E-state index in [0.717, 1.165) is 51.9 Å². The number of aromatic nitrogens is 2. The number of benzene rings is 2. The summed E-state index contributed by atoms with van der Waals surface area (Å²) >= 11 is 0. The molecule has 6 heteroatoms. The predicted molar refractivity (Wildman–Crippen MR) is 132 cm³/mol. The van der Waals surface area contributed by atoms with Gasteiger partial charge in [-0.15, -0.1) is 0 Å². The molecule has 0 aliphatic carbocycles. The van der Waals surface area contributed by atoms with Crippen molar-refractivity contribution >= 4 is 28.2 Å². The van der Waals surface area contributed by atoms with Gasteiger partial charge in [0.1, 0.15) is 11.5 Å². The van der Waals surface area contributed by atoms with Gasteiger partial charge in [0, 0.05) is 30.2 Å². The zero-order valence-corrected chi connectivity index (χ0v) is 18.8. The zero-order valence-electron chi connectivity index (χ0n) is 18.8. The number of anilines is 2. The summed E-state index contributed by atoms with van der Waals surface area (Å²) in [4.78, 5) is 24.7. The van der Waals surface area contributed by atoms with Crippen LogP contribution in [0.4, 0.5) is 11.5 Å². The van der Waals surface area contributed by atoms with E-state index in [0.29, 0.717) is 30.3 Å². The van der Waals surface area contributed by atoms with Crippen molar-refractivity contribution in [2.75, 3.05) is 36.9 Å². The molecule has 4 aromatic rings. The number of fused-ring (bicyclic) bond motifs is 1. The van der Waals surface area contributed by atoms with Crippen molar-refractivity contribution in [2.45, 2.75) is 13.8 Å². The van der Waals surface area contributed by atoms with Crippen LogP contribution in [-0.2, 0) is 4.74 Å². The molecule has 33 heavy (non-hydrogen) atoms. The number of morpholine rings is 1. The number of nitrogens with zero attached hydrogens (tertiary/aromatic N) is 3. The number of carbonyl (C=O) groups excluding carboxylic acids is 1. The van der Waals surface area contributed by atoms with Crippen LogP contribution >= 0.6 is 0 Å². The van der Waals surface area contributed by atoms with Gasteiger partial charge in [-0.25, -0.2) is 4.98 Å². The molecule has 2 aromatic carbocycles. The summed E-state index contributed by atoms with van der Waals surface area (Å²) in [6.07, 6.45) is 1.66. The molecule has 2 aromatic heterocycles. The molecule has 1 aliphatic heterocycles. The van der Waals surface area contributed by atoms with Crippen molar-refractivity contribution < 1.29 is 9.53 Å². The van der Waals surface area contributed by atoms with Crippen molar-refractivity contribution in [1.29, 1.82) is 0 Å². The second-order valence-electron chi connectivity index (χ2n) is 8.40. The van der Waals surface area contributed by atoms with Gasteiger partial charge < -0.3 is 15.4 Å². The molecule has 1 aliphatic rings. The van der Waals surface area contributed by atoms with E-state index in [9.17, 15) is 4.79 Å². The number of ketones is 1. The predicted octanol–water partition coefficient (Wildman–Crippen LogP) is 4.56. The highest BCUT2D eigenvalue weighted by Gasteiger charge is 2.20. The third kappa shape index (κ3) is 3.94. The monoisotopic (exact) mass is 438 g/mol. The summed E-state index contributed by atoms with van der Waals surface area (Å²) in [5.74, 6) is 0.450. The Hall–Kier alpha value is -3.77. The molecule has 166 valence electrons. The molecule has 0 saturated carbocycles. The molecule has 0 atom stereocenters. The summed E-state index contributed by atoms with van der Waals surface area (Å²) in [6.45, 7) is 6.88. The van der Waals surface area contributed by atoms with Gasteiger partial charge in [-0.1, -0.05) is 30.3 Å². The zero-order chi connectivity index (χ0) is 22.9. The summed E-state index contributed by atoms with van der Waals surface area (Å²) < 4.78 is 5.48. The lowest BCUT2D eigenvalue weighted by Gasteiger charge is -2.29. The molecule has 1 saturated heterocycles. The number of ether oxygens (including phenoxy) is 1. The maximum Gasteiger partial charge on any atom is 0.212 e. The molecule has 2 N–H and O–H groups in total. The summed E-state index contributed by atoms with van der Waals surface area (Å²) in [5, 5.41) is 0.985. The van der Waals surface area contributed by atoms with Crippen LogP contribution in [0.5, 0.6) is 0 Å². The summed E-state index contributed by atoms with van der Waals surface area (Å²) in [6, 6.07) is 17.7. The molecule has 0 bridgehead atoms. The van der Waals surface area contributed by atoms with Gasteiger partial charge in [0.05, 0.1) is 24.4 Å². The number of aryl methyl sites for hydroxylation is 2. The SMILES string of the molecule is Cc1cccnc1C(=O)c1cccc(C)c1-c1ccc2nc(N)c(N3CCOCC3)cc2c1. The number of hydrogen-bond donors (Lipinski definition) is 1. The van der Waals surface area contributed by atoms with E-state index in [1.54, 1.807) is 6.20 Å². The van der Waals surface area contributed by atoms with E-state index < -0.39 is 0 Å². The van der Waals surface area contributed by atoms with Crippen LogP contribution in [0, 0.1) is 13.8 Å². The number of hydrogen-bond acceptors (Lipinski definition) is 6. The van der Waals surface area contributed by atoms with E-state index in [-0.39, 0.29) is 5.78 Å². The quantitative estimate of drug-likeness (QED) is 0.470. The fourth-order valence-electron chi connectivity index (χ4n) is 4.48. The molecule has 0 radical (unpaired) electrons. The third-order valence-electron chi connectivity index (χ3n) is 6.21. The number of rotatable bonds is 4. The van der Waals surface area contributed by atoms with Crippen molar-refractivity contribution in [2.24, 2.45) is 0 Å². The number of nitrogens with two attached hydrogens (primary N) is 1. The fraction of sp³-hybridized carbons (Fsp3) is 0.222. The molecular weight excluding hydrogens is 412 g/mol. The summed E-state index contributed by atoms with van der Waals surface area (Å²) in [5.41, 5.74) is 13.0. The van der Waals surface area contributed by atoms with Gasteiger partial charge >= 0.3 is 0 Å². The number of pyridine rings is 2. The smallest absolute Gasteiger partial charge is 0.212 e. The molecular formula is C27H26N4O2. The normalized spacial score (nSPS) is 13.9. The lowest BCUT2D eigenvalue weighted by atomic mass is 9.90. The maximum absolute atomic E-state index is 13.5. The van der Waals surface area contributed by atoms with Crippen LogP contribution in [0.15, 0.2) is 60.8 Å². The van der Waals surface area contributed by atoms with Crippen molar-refractivity contribution in [3.8, 4) is 11.1 Å². The topological polar surface area (TPSA) is 81.3 Å². The molecule has 0 unspecified atom stereocenters. The lowest BCUT2D eigenvalue weighted by molar-refractivity contribution is 0.103. The minimum atomic E-state index is -0.0728. The van der Waals surface area contributed by atoms with Crippen LogP contribution in [0.25, 0.3) is 22.0 Å². The van der Waals surface area contributed by atoms with Gasteiger partial charge in [0.15, 0.2) is 0 Å². The Morgan fingerprint density at radius 2 is 1.79 bits per heavy atom. The van der Waals surface area contributed by atoms with Gasteiger partial charge in [0.2, 0.25) is 5.78 Å². The second kappa shape index (κ2) is 8.64. The van der Waals surface area contributed by atoms with E-state index in [1.165, 1.54) is 0 Å². The van der Waals surface area contributed by atoms with Crippen molar-refractivity contribution in [1.82, 2.24) is 9.97 Å². The Labute approximate surface area is 193 Å². The van der Waals surface area contributed by atoms with Crippen LogP contribution in [-0.4, -0.2) is 42.1 Å². The first kappa shape index (κ1) is 21.1. The minimum absolute atomic E-state index is 0.0728. The highest BCUT2D eigenvalue weighted by Crippen LogP contribution is 2.34. The minimum Gasteiger partial charge on any atom is -0.382 e.